The Kier molecular flexibility index (Phi) is 11.8. The van der Waals surface area contributed by atoms with Crippen molar-refractivity contribution in [1.82, 2.24) is 20.5 Å². The average Bonchev–Trinajstić information content (AvgIpc) is 3.34. The fourth-order valence-electron chi connectivity index (χ4n) is 5.50. The van der Waals surface area contributed by atoms with Gasteiger partial charge < -0.3 is 30.4 Å². The number of allylic oxidation sites excluding steroid dienone is 1. The minimum absolute atomic E-state index is 0.0347. The highest BCUT2D eigenvalue weighted by Gasteiger charge is 2.34. The first-order valence-electron chi connectivity index (χ1n) is 15.3. The normalized spacial score (nSPS) is 24.0. The number of nitrogens with zero attached hydrogens (tertiary/aromatic N) is 1. The molecule has 2 heterocycles. The average molecular weight is 672 g/mol. The number of para-hydroxylation sites is 1. The quantitative estimate of drug-likeness (QED) is 0.206. The molecule has 0 fully saturated rings. The summed E-state index contributed by atoms with van der Waals surface area (Å²) in [6.45, 7) is 5.39. The molecule has 10 nitrogen and oxygen atoms in total. The van der Waals surface area contributed by atoms with Gasteiger partial charge in [-0.1, -0.05) is 66.0 Å². The lowest BCUT2D eigenvalue weighted by atomic mass is 9.99. The summed E-state index contributed by atoms with van der Waals surface area (Å²) in [7, 11) is 1.50. The number of phenols is 1. The number of esters is 1. The molecule has 46 heavy (non-hydrogen) atoms. The van der Waals surface area contributed by atoms with E-state index in [0.717, 1.165) is 16.5 Å². The van der Waals surface area contributed by atoms with Crippen LogP contribution in [0.2, 0.25) is 10.2 Å². The number of rotatable bonds is 4. The summed E-state index contributed by atoms with van der Waals surface area (Å²) in [6, 6.07) is 8.93. The Hall–Kier alpha value is -4.02. The van der Waals surface area contributed by atoms with E-state index >= 15 is 0 Å². The van der Waals surface area contributed by atoms with Gasteiger partial charge in [-0.25, -0.2) is 0 Å². The molecule has 4 unspecified atom stereocenters. The van der Waals surface area contributed by atoms with Crippen molar-refractivity contribution in [2.75, 3.05) is 7.05 Å². The second kappa shape index (κ2) is 15.5. The molecule has 0 saturated carbocycles. The van der Waals surface area contributed by atoms with E-state index in [-0.39, 0.29) is 35.9 Å². The Labute approximate surface area is 278 Å². The summed E-state index contributed by atoms with van der Waals surface area (Å²) in [6.07, 6.45) is 3.02. The van der Waals surface area contributed by atoms with Crippen LogP contribution in [-0.4, -0.2) is 63.9 Å². The minimum atomic E-state index is -1.10. The molecule has 1 aromatic heterocycles. The van der Waals surface area contributed by atoms with E-state index in [1.807, 2.05) is 44.2 Å². The molecule has 12 heteroatoms. The summed E-state index contributed by atoms with van der Waals surface area (Å²) >= 11 is 12.8. The number of fused-ring (bicyclic) bond motifs is 1. The Bertz CT molecular complexity index is 1640. The predicted molar refractivity (Wildman–Crippen MR) is 178 cm³/mol. The smallest absolute Gasteiger partial charge is 0.308 e. The molecule has 0 spiro atoms. The number of aromatic nitrogens is 1. The minimum Gasteiger partial charge on any atom is -0.506 e. The molecule has 0 saturated heterocycles. The van der Waals surface area contributed by atoms with Gasteiger partial charge in [0.25, 0.3) is 0 Å². The second-order valence-electron chi connectivity index (χ2n) is 11.7. The number of phenolic OH excluding ortho intramolecular Hbond substituents is 1. The van der Waals surface area contributed by atoms with Crippen LogP contribution >= 0.6 is 23.2 Å². The number of carbonyl (C=O) groups is 4. The van der Waals surface area contributed by atoms with E-state index in [2.05, 4.69) is 15.6 Å². The van der Waals surface area contributed by atoms with Crippen LogP contribution in [0.15, 0.2) is 54.1 Å². The number of aromatic hydroxyl groups is 1. The molecule has 0 bridgehead atoms. The Morgan fingerprint density at radius 1 is 1.04 bits per heavy atom. The third-order valence-electron chi connectivity index (χ3n) is 8.32. The van der Waals surface area contributed by atoms with E-state index < -0.39 is 42.0 Å². The van der Waals surface area contributed by atoms with Gasteiger partial charge in [0.15, 0.2) is 0 Å². The van der Waals surface area contributed by atoms with Crippen molar-refractivity contribution in [3.8, 4) is 5.75 Å². The highest BCUT2D eigenvalue weighted by Crippen LogP contribution is 2.31. The van der Waals surface area contributed by atoms with Crippen LogP contribution in [0.4, 0.5) is 0 Å². The standard InChI is InChI=1S/C34H40Cl2N4O6/c1-5-22-13-10-19(2)11-15-30(42)37-20(3)34(45)40(4)28(17-24-23-8-6-7-9-26(23)38-32(24)36)33(44)39-27(18-31(43)46-22)21-12-14-29(41)25(35)16-21/h6-10,12,14,16,20,22,27-28,38,41H,5,11,13,15,17-18H2,1-4H3,(H,37,42)(H,39,44)/b19-10+. The molecule has 4 rings (SSSR count). The number of ether oxygens (including phenoxy) is 1. The number of hydrogen-bond donors (Lipinski definition) is 4. The van der Waals surface area contributed by atoms with Crippen molar-refractivity contribution in [3.05, 3.63) is 75.4 Å². The zero-order valence-electron chi connectivity index (χ0n) is 26.4. The number of benzene rings is 2. The molecule has 4 atom stereocenters. The fraction of sp³-hybridized carbons (Fsp3) is 0.412. The molecule has 1 aliphatic rings. The van der Waals surface area contributed by atoms with Gasteiger partial charge in [0, 0.05) is 37.2 Å². The number of nitrogens with one attached hydrogen (secondary N) is 3. The first kappa shape index (κ1) is 34.8. The lowest BCUT2D eigenvalue weighted by molar-refractivity contribution is -0.150. The third kappa shape index (κ3) is 8.61. The van der Waals surface area contributed by atoms with Crippen molar-refractivity contribution >= 4 is 57.8 Å². The van der Waals surface area contributed by atoms with Gasteiger partial charge in [-0.3, -0.25) is 19.2 Å². The van der Waals surface area contributed by atoms with Crippen molar-refractivity contribution in [1.29, 1.82) is 0 Å². The molecule has 4 N–H and O–H groups in total. The van der Waals surface area contributed by atoms with Gasteiger partial charge in [-0.05, 0) is 56.0 Å². The SMILES string of the molecule is CCC1C/C=C(\C)CCC(=O)NC(C)C(=O)N(C)C(Cc2c(Cl)[nH]c3ccccc23)C(=O)NC(c2ccc(O)c(Cl)c2)CC(=O)O1. The summed E-state index contributed by atoms with van der Waals surface area (Å²) in [4.78, 5) is 58.4. The van der Waals surface area contributed by atoms with Gasteiger partial charge in [-0.15, -0.1) is 0 Å². The summed E-state index contributed by atoms with van der Waals surface area (Å²) in [5, 5.41) is 16.9. The van der Waals surface area contributed by atoms with Crippen LogP contribution in [0, 0.1) is 0 Å². The lowest BCUT2D eigenvalue weighted by Gasteiger charge is -2.31. The number of halogens is 2. The van der Waals surface area contributed by atoms with Gasteiger partial charge in [0.2, 0.25) is 17.7 Å². The Morgan fingerprint density at radius 2 is 1.78 bits per heavy atom. The number of cyclic esters (lactones) is 1. The predicted octanol–water partition coefficient (Wildman–Crippen LogP) is 5.75. The molecule has 246 valence electrons. The highest BCUT2D eigenvalue weighted by molar-refractivity contribution is 6.32. The van der Waals surface area contributed by atoms with Crippen molar-refractivity contribution in [2.24, 2.45) is 0 Å². The largest absolute Gasteiger partial charge is 0.506 e. The number of aromatic amines is 1. The van der Waals surface area contributed by atoms with Gasteiger partial charge in [-0.2, -0.15) is 0 Å². The van der Waals surface area contributed by atoms with Crippen LogP contribution < -0.4 is 10.6 Å². The number of amides is 3. The molecular weight excluding hydrogens is 631 g/mol. The Balaban J connectivity index is 1.76. The molecule has 1 aliphatic heterocycles. The van der Waals surface area contributed by atoms with Gasteiger partial charge >= 0.3 is 5.97 Å². The third-order valence-corrected chi connectivity index (χ3v) is 8.94. The van der Waals surface area contributed by atoms with Crippen LogP contribution in [0.25, 0.3) is 10.9 Å². The van der Waals surface area contributed by atoms with Crippen molar-refractivity contribution in [2.45, 2.75) is 83.5 Å². The number of H-pyrrole nitrogens is 1. The van der Waals surface area contributed by atoms with Crippen LogP contribution in [-0.2, 0) is 30.3 Å². The number of likely N-dealkylation sites (N-methyl/N-ethyl adjacent to an activating group) is 1. The molecule has 2 aromatic carbocycles. The lowest BCUT2D eigenvalue weighted by Crippen LogP contribution is -2.54. The summed E-state index contributed by atoms with van der Waals surface area (Å²) in [5.41, 5.74) is 2.82. The maximum Gasteiger partial charge on any atom is 0.308 e. The van der Waals surface area contributed by atoms with Gasteiger partial charge in [0.1, 0.15) is 29.1 Å². The topological polar surface area (TPSA) is 141 Å². The van der Waals surface area contributed by atoms with E-state index in [1.165, 1.54) is 24.1 Å². The molecule has 0 radical (unpaired) electrons. The van der Waals surface area contributed by atoms with Gasteiger partial charge in [0.05, 0.1) is 17.5 Å². The maximum absolute atomic E-state index is 14.2. The summed E-state index contributed by atoms with van der Waals surface area (Å²) in [5.74, 6) is -2.04. The second-order valence-corrected chi connectivity index (χ2v) is 12.5. The van der Waals surface area contributed by atoms with Crippen molar-refractivity contribution < 1.29 is 29.0 Å². The van der Waals surface area contributed by atoms with Crippen LogP contribution in [0.1, 0.15) is 70.0 Å². The Morgan fingerprint density at radius 3 is 2.50 bits per heavy atom. The summed E-state index contributed by atoms with van der Waals surface area (Å²) < 4.78 is 5.80. The zero-order valence-corrected chi connectivity index (χ0v) is 27.9. The van der Waals surface area contributed by atoms with Crippen LogP contribution in [0.3, 0.4) is 0 Å². The highest BCUT2D eigenvalue weighted by atomic mass is 35.5. The molecule has 3 amide bonds. The van der Waals surface area contributed by atoms with Crippen LogP contribution in [0.5, 0.6) is 5.75 Å². The number of hydrogen-bond acceptors (Lipinski definition) is 6. The van der Waals surface area contributed by atoms with Crippen molar-refractivity contribution in [3.63, 3.8) is 0 Å². The monoisotopic (exact) mass is 670 g/mol. The van der Waals surface area contributed by atoms with E-state index in [4.69, 9.17) is 27.9 Å². The number of carbonyl (C=O) groups excluding carboxylic acids is 4. The first-order valence-corrected chi connectivity index (χ1v) is 16.1. The van der Waals surface area contributed by atoms with E-state index in [0.29, 0.717) is 35.5 Å². The zero-order chi connectivity index (χ0) is 33.5. The molecule has 3 aromatic rings. The first-order chi connectivity index (χ1) is 21.9. The molecular formula is C34H40Cl2N4O6. The maximum atomic E-state index is 14.2. The molecule has 0 aliphatic carbocycles. The van der Waals surface area contributed by atoms with E-state index in [1.54, 1.807) is 13.0 Å². The fourth-order valence-corrected chi connectivity index (χ4v) is 5.97. The van der Waals surface area contributed by atoms with E-state index in [9.17, 15) is 24.3 Å².